The second-order valence-electron chi connectivity index (χ2n) is 6.58. The van der Waals surface area contributed by atoms with Gasteiger partial charge in [0.25, 0.3) is 0 Å². The van der Waals surface area contributed by atoms with Crippen LogP contribution in [0.3, 0.4) is 0 Å². The summed E-state index contributed by atoms with van der Waals surface area (Å²) in [5.41, 5.74) is 3.52. The molecule has 0 amide bonds. The molecule has 2 N–H and O–H groups in total. The average Bonchev–Trinajstić information content (AvgIpc) is 3.14. The van der Waals surface area contributed by atoms with Crippen molar-refractivity contribution in [3.8, 4) is 17.2 Å². The third-order valence-electron chi connectivity index (χ3n) is 5.16. The van der Waals surface area contributed by atoms with E-state index in [1.54, 1.807) is 13.3 Å². The number of oxime groups is 1. The monoisotopic (exact) mass is 356 g/mol. The van der Waals surface area contributed by atoms with E-state index in [-0.39, 0.29) is 12.8 Å². The van der Waals surface area contributed by atoms with Gasteiger partial charge in [-0.05, 0) is 23.8 Å². The van der Waals surface area contributed by atoms with Gasteiger partial charge in [0, 0.05) is 12.6 Å². The van der Waals surface area contributed by atoms with Crippen LogP contribution in [0.4, 0.5) is 0 Å². The number of hydrogen-bond acceptors (Lipinski definition) is 6. The van der Waals surface area contributed by atoms with Crippen LogP contribution in [0.15, 0.2) is 35.6 Å². The summed E-state index contributed by atoms with van der Waals surface area (Å²) in [5, 5.41) is 13.1. The number of likely N-dealkylation sites (N-methyl/N-ethyl adjacent to an activating group) is 1. The van der Waals surface area contributed by atoms with Crippen molar-refractivity contribution in [1.82, 2.24) is 4.98 Å². The number of fused-ring (bicyclic) bond motifs is 2. The number of hydrogen-bond donors (Lipinski definition) is 2. The molecule has 0 radical (unpaired) electrons. The molecular weight excluding hydrogens is 334 g/mol. The maximum Gasteiger partial charge on any atom is 0.231 e. The van der Waals surface area contributed by atoms with Crippen molar-refractivity contribution in [2.24, 2.45) is 5.16 Å². The van der Waals surface area contributed by atoms with Crippen LogP contribution in [0.5, 0.6) is 17.2 Å². The minimum absolute atomic E-state index is 0.0658. The number of quaternary nitrogens is 1. The topological polar surface area (TPSA) is 77.6 Å². The Morgan fingerprint density at radius 3 is 3.04 bits per heavy atom. The zero-order valence-corrected chi connectivity index (χ0v) is 14.9. The Balaban J connectivity index is 1.76. The Morgan fingerprint density at radius 1 is 1.42 bits per heavy atom. The van der Waals surface area contributed by atoms with Crippen molar-refractivity contribution in [3.05, 3.63) is 47.3 Å². The summed E-state index contributed by atoms with van der Waals surface area (Å²) in [6.45, 7) is 1.18. The lowest BCUT2D eigenvalue weighted by Crippen LogP contribution is -3.10. The van der Waals surface area contributed by atoms with Crippen molar-refractivity contribution in [2.45, 2.75) is 18.9 Å². The molecule has 0 saturated carbocycles. The van der Waals surface area contributed by atoms with E-state index in [0.29, 0.717) is 23.6 Å². The molecule has 0 spiro atoms. The Bertz CT molecular complexity index is 838. The predicted molar refractivity (Wildman–Crippen MR) is 94.5 cm³/mol. The summed E-state index contributed by atoms with van der Waals surface area (Å²) in [5.74, 6) is 2.11. The van der Waals surface area contributed by atoms with Gasteiger partial charge in [-0.3, -0.25) is 4.98 Å². The van der Waals surface area contributed by atoms with Gasteiger partial charge in [-0.1, -0.05) is 11.2 Å². The number of benzene rings is 1. The van der Waals surface area contributed by atoms with E-state index in [1.807, 2.05) is 18.2 Å². The van der Waals surface area contributed by atoms with Crippen LogP contribution in [-0.4, -0.2) is 43.4 Å². The van der Waals surface area contributed by atoms with Crippen LogP contribution >= 0.6 is 0 Å². The molecule has 0 aliphatic carbocycles. The summed E-state index contributed by atoms with van der Waals surface area (Å²) in [6.07, 6.45) is 3.17. The Morgan fingerprint density at radius 2 is 2.31 bits per heavy atom. The highest BCUT2D eigenvalue weighted by Gasteiger charge is 2.37. The normalized spacial score (nSPS) is 21.4. The van der Waals surface area contributed by atoms with Crippen molar-refractivity contribution >= 4 is 5.71 Å². The predicted octanol–water partition coefficient (Wildman–Crippen LogP) is 1.20. The first-order valence-corrected chi connectivity index (χ1v) is 8.67. The van der Waals surface area contributed by atoms with E-state index in [9.17, 15) is 5.21 Å². The molecule has 3 heterocycles. The lowest BCUT2D eigenvalue weighted by molar-refractivity contribution is -0.913. The molecular formula is C19H22N3O4+. The zero-order valence-electron chi connectivity index (χ0n) is 14.9. The van der Waals surface area contributed by atoms with E-state index < -0.39 is 0 Å². The first-order valence-electron chi connectivity index (χ1n) is 8.67. The number of nitrogens with zero attached hydrogens (tertiary/aromatic N) is 2. The molecule has 0 bridgehead atoms. The van der Waals surface area contributed by atoms with Crippen molar-refractivity contribution in [3.63, 3.8) is 0 Å². The highest BCUT2D eigenvalue weighted by atomic mass is 16.7. The number of aromatic nitrogens is 1. The summed E-state index contributed by atoms with van der Waals surface area (Å²) in [4.78, 5) is 5.65. The molecule has 2 aromatic rings. The van der Waals surface area contributed by atoms with E-state index in [1.165, 1.54) is 10.5 Å². The minimum atomic E-state index is 0.0658. The number of pyridine rings is 1. The number of rotatable bonds is 4. The van der Waals surface area contributed by atoms with Gasteiger partial charge in [0.15, 0.2) is 11.5 Å². The molecule has 1 unspecified atom stereocenters. The van der Waals surface area contributed by atoms with E-state index >= 15 is 0 Å². The van der Waals surface area contributed by atoms with E-state index in [0.717, 1.165) is 30.0 Å². The SMILES string of the molecule is COc1c2c(cc3c1[C@H](C/C(=N/O)c1ccccn1)[NH+](C)CC3)OCO2. The van der Waals surface area contributed by atoms with E-state index in [4.69, 9.17) is 14.2 Å². The molecule has 0 fully saturated rings. The molecule has 7 heteroatoms. The van der Waals surface area contributed by atoms with Gasteiger partial charge in [0.1, 0.15) is 11.8 Å². The maximum absolute atomic E-state index is 9.59. The lowest BCUT2D eigenvalue weighted by atomic mass is 9.88. The quantitative estimate of drug-likeness (QED) is 0.489. The number of methoxy groups -OCH3 is 1. The first-order chi connectivity index (χ1) is 12.7. The molecule has 0 saturated heterocycles. The Kier molecular flexibility index (Phi) is 4.38. The van der Waals surface area contributed by atoms with Gasteiger partial charge in [0.2, 0.25) is 12.5 Å². The van der Waals surface area contributed by atoms with Crippen LogP contribution in [0.1, 0.15) is 29.3 Å². The molecule has 1 aromatic heterocycles. The fourth-order valence-electron chi connectivity index (χ4n) is 3.82. The smallest absolute Gasteiger partial charge is 0.231 e. The van der Waals surface area contributed by atoms with Gasteiger partial charge in [-0.2, -0.15) is 0 Å². The van der Waals surface area contributed by atoms with Gasteiger partial charge >= 0.3 is 0 Å². The van der Waals surface area contributed by atoms with Crippen molar-refractivity contribution < 1.29 is 24.3 Å². The summed E-state index contributed by atoms with van der Waals surface area (Å²) >= 11 is 0. The van der Waals surface area contributed by atoms with Gasteiger partial charge < -0.3 is 24.3 Å². The number of nitrogens with one attached hydrogen (secondary N) is 1. The largest absolute Gasteiger partial charge is 0.492 e. The summed E-state index contributed by atoms with van der Waals surface area (Å²) < 4.78 is 16.9. The third-order valence-corrected chi connectivity index (χ3v) is 5.16. The van der Waals surface area contributed by atoms with Gasteiger partial charge in [-0.25, -0.2) is 0 Å². The molecule has 1 aromatic carbocycles. The zero-order chi connectivity index (χ0) is 18.1. The van der Waals surface area contributed by atoms with E-state index in [2.05, 4.69) is 23.3 Å². The van der Waals surface area contributed by atoms with Crippen molar-refractivity contribution in [1.29, 1.82) is 0 Å². The Labute approximate surface area is 151 Å². The molecule has 2 aliphatic rings. The number of ether oxygens (including phenoxy) is 3. The fraction of sp³-hybridized carbons (Fsp3) is 0.368. The molecule has 2 aliphatic heterocycles. The van der Waals surface area contributed by atoms with Gasteiger partial charge in [0.05, 0.1) is 38.4 Å². The minimum Gasteiger partial charge on any atom is -0.492 e. The van der Waals surface area contributed by atoms with Crippen LogP contribution in [0.2, 0.25) is 0 Å². The summed E-state index contributed by atoms with van der Waals surface area (Å²) in [7, 11) is 3.80. The summed E-state index contributed by atoms with van der Waals surface area (Å²) in [6, 6.07) is 7.70. The average molecular weight is 356 g/mol. The molecule has 136 valence electrons. The second kappa shape index (κ2) is 6.84. The second-order valence-corrected chi connectivity index (χ2v) is 6.58. The molecule has 2 atom stereocenters. The molecule has 7 nitrogen and oxygen atoms in total. The molecule has 26 heavy (non-hydrogen) atoms. The molecule has 4 rings (SSSR count). The van der Waals surface area contributed by atoms with Crippen LogP contribution in [-0.2, 0) is 6.42 Å². The lowest BCUT2D eigenvalue weighted by Gasteiger charge is -2.33. The highest BCUT2D eigenvalue weighted by Crippen LogP contribution is 2.47. The fourth-order valence-corrected chi connectivity index (χ4v) is 3.82. The standard InChI is InChI=1S/C19H21N3O4/c1-22-8-6-12-9-16-18(26-11-25-16)19(24-2)17(12)15(22)10-14(21-23)13-5-3-4-7-20-13/h3-5,7,9,15,23H,6,8,10-11H2,1-2H3/p+1/b21-14-/t15-/m0/s1. The first kappa shape index (κ1) is 16.7. The third kappa shape index (κ3) is 2.74. The van der Waals surface area contributed by atoms with Crippen LogP contribution in [0.25, 0.3) is 0 Å². The van der Waals surface area contributed by atoms with Gasteiger partial charge in [-0.15, -0.1) is 0 Å². The highest BCUT2D eigenvalue weighted by molar-refractivity contribution is 5.98. The Hall–Kier alpha value is -2.80. The maximum atomic E-state index is 9.59. The van der Waals surface area contributed by atoms with Crippen molar-refractivity contribution in [2.75, 3.05) is 27.5 Å². The van der Waals surface area contributed by atoms with Crippen LogP contribution in [0, 0.1) is 0 Å². The van der Waals surface area contributed by atoms with Crippen LogP contribution < -0.4 is 19.1 Å².